The molecule has 1 heterocycles. The molecule has 0 radical (unpaired) electrons. The number of phenolic OH excluding ortho intramolecular Hbond substituents is 1. The number of rotatable bonds is 7. The van der Waals surface area contributed by atoms with Crippen molar-refractivity contribution in [1.82, 2.24) is 19.8 Å². The van der Waals surface area contributed by atoms with E-state index in [0.29, 0.717) is 6.54 Å². The van der Waals surface area contributed by atoms with Crippen molar-refractivity contribution in [1.29, 1.82) is 0 Å². The summed E-state index contributed by atoms with van der Waals surface area (Å²) in [5, 5.41) is 47.6. The molecule has 1 aromatic carbocycles. The number of nitrogens with zero attached hydrogens (tertiary/aromatic N) is 3. The zero-order chi connectivity index (χ0) is 30.0. The summed E-state index contributed by atoms with van der Waals surface area (Å²) in [5.41, 5.74) is 2.63. The van der Waals surface area contributed by atoms with E-state index in [-0.39, 0.29) is 47.4 Å². The van der Waals surface area contributed by atoms with Crippen molar-refractivity contribution >= 4 is 23.3 Å². The molecule has 13 nitrogen and oxygen atoms in total. The Kier molecular flexibility index (Phi) is 6.84. The van der Waals surface area contributed by atoms with Crippen LogP contribution in [0.4, 0.5) is 0 Å². The number of likely N-dealkylation sites (N-methyl/N-ethyl adjacent to an activating group) is 1. The first-order valence-electron chi connectivity index (χ1n) is 13.0. The standard InChI is InChI=1S/C28H31N5O8/c1-32(2)22-16-7-12-6-15-14(18(35)10-30-8-13-9-31-11-33(13)3)4-5-17(34)20(15)23(36)19(12)25(38)28(16,41)26(39)21(24(22)37)27(29)40/h4-5,9,11-12,16,22,30,34,37-38,41H,6-8,10H2,1-3H3,(H2,29,40)/t12-,16-,22-,28-/m0/s1. The van der Waals surface area contributed by atoms with E-state index in [1.54, 1.807) is 31.2 Å². The number of benzene rings is 1. The number of nitrogens with one attached hydrogen (secondary N) is 1. The van der Waals surface area contributed by atoms with Crippen molar-refractivity contribution in [3.8, 4) is 5.75 Å². The lowest BCUT2D eigenvalue weighted by molar-refractivity contribution is -0.148. The third-order valence-corrected chi connectivity index (χ3v) is 8.41. The number of nitrogens with two attached hydrogens (primary N) is 1. The largest absolute Gasteiger partial charge is 0.510 e. The first-order valence-corrected chi connectivity index (χ1v) is 13.0. The van der Waals surface area contributed by atoms with Gasteiger partial charge in [-0.3, -0.25) is 24.1 Å². The van der Waals surface area contributed by atoms with Gasteiger partial charge in [-0.05, 0) is 50.6 Å². The van der Waals surface area contributed by atoms with Crippen molar-refractivity contribution in [2.24, 2.45) is 24.6 Å². The van der Waals surface area contributed by atoms with Crippen LogP contribution in [0.5, 0.6) is 5.75 Å². The van der Waals surface area contributed by atoms with E-state index in [2.05, 4.69) is 10.3 Å². The van der Waals surface area contributed by atoms with Crippen molar-refractivity contribution in [3.05, 3.63) is 69.7 Å². The lowest BCUT2D eigenvalue weighted by Gasteiger charge is -2.50. The minimum Gasteiger partial charge on any atom is -0.510 e. The lowest BCUT2D eigenvalue weighted by atomic mass is 9.58. The van der Waals surface area contributed by atoms with Gasteiger partial charge in [0.1, 0.15) is 22.8 Å². The summed E-state index contributed by atoms with van der Waals surface area (Å²) in [6, 6.07) is 1.55. The number of hydrogen-bond donors (Lipinski definition) is 6. The number of aliphatic hydroxyl groups excluding tert-OH is 2. The summed E-state index contributed by atoms with van der Waals surface area (Å²) in [5.74, 6) is -7.70. The lowest BCUT2D eigenvalue weighted by Crippen LogP contribution is -2.63. The van der Waals surface area contributed by atoms with Crippen molar-refractivity contribution < 1.29 is 39.6 Å². The number of ketones is 3. The maximum absolute atomic E-state index is 13.8. The van der Waals surface area contributed by atoms with Crippen LogP contribution >= 0.6 is 0 Å². The highest BCUT2D eigenvalue weighted by molar-refractivity contribution is 6.25. The number of phenols is 1. The molecule has 7 N–H and O–H groups in total. The van der Waals surface area contributed by atoms with E-state index in [9.17, 15) is 39.6 Å². The van der Waals surface area contributed by atoms with Gasteiger partial charge in [-0.15, -0.1) is 0 Å². The van der Waals surface area contributed by atoms with Gasteiger partial charge in [0.15, 0.2) is 17.2 Å². The van der Waals surface area contributed by atoms with E-state index in [0.717, 1.165) is 5.69 Å². The third-order valence-electron chi connectivity index (χ3n) is 8.41. The summed E-state index contributed by atoms with van der Waals surface area (Å²) >= 11 is 0. The number of carbonyl (C=O) groups excluding carboxylic acids is 4. The van der Waals surface area contributed by atoms with Crippen LogP contribution in [0.15, 0.2) is 47.3 Å². The highest BCUT2D eigenvalue weighted by Gasteiger charge is 2.63. The zero-order valence-electron chi connectivity index (χ0n) is 22.7. The molecule has 0 aliphatic heterocycles. The topological polar surface area (TPSA) is 208 Å². The smallest absolute Gasteiger partial charge is 0.255 e. The number of aromatic hydroxyl groups is 1. The number of hydrogen-bond acceptors (Lipinski definition) is 11. The highest BCUT2D eigenvalue weighted by Crippen LogP contribution is 2.52. The first kappa shape index (κ1) is 28.2. The molecular formula is C28H31N5O8. The summed E-state index contributed by atoms with van der Waals surface area (Å²) < 4.78 is 1.81. The summed E-state index contributed by atoms with van der Waals surface area (Å²) in [6.07, 6.45) is 3.27. The van der Waals surface area contributed by atoms with Gasteiger partial charge in [0.05, 0.1) is 30.2 Å². The number of aryl methyl sites for hydroxylation is 1. The molecule has 1 aromatic heterocycles. The van der Waals surface area contributed by atoms with Gasteiger partial charge in [0.25, 0.3) is 5.91 Å². The molecule has 2 aromatic rings. The van der Waals surface area contributed by atoms with E-state index in [1.165, 1.54) is 17.0 Å². The SMILES string of the molecule is CN(C)[C@@H]1C(O)=C(C(N)=O)C(=O)[C@@]2(O)C(O)=C3C(=O)c4c(O)ccc(C(=O)CNCc5cncn5C)c4C[C@H]3C[C@@H]12. The predicted octanol–water partition coefficient (Wildman–Crippen LogP) is -0.173. The monoisotopic (exact) mass is 565 g/mol. The Balaban J connectivity index is 1.55. The van der Waals surface area contributed by atoms with Gasteiger partial charge in [-0.25, -0.2) is 4.98 Å². The van der Waals surface area contributed by atoms with E-state index < -0.39 is 63.8 Å². The van der Waals surface area contributed by atoms with Gasteiger partial charge in [0.2, 0.25) is 5.78 Å². The molecule has 5 rings (SSSR count). The highest BCUT2D eigenvalue weighted by atomic mass is 16.3. The number of aliphatic hydroxyl groups is 3. The molecule has 0 spiro atoms. The summed E-state index contributed by atoms with van der Waals surface area (Å²) in [4.78, 5) is 58.0. The Labute approximate surface area is 234 Å². The van der Waals surface area contributed by atoms with Crippen LogP contribution in [-0.2, 0) is 29.6 Å². The molecule has 3 aliphatic rings. The summed E-state index contributed by atoms with van der Waals surface area (Å²) in [7, 11) is 4.94. The number of allylic oxidation sites excluding steroid dienone is 1. The van der Waals surface area contributed by atoms with Gasteiger partial charge < -0.3 is 36.0 Å². The Morgan fingerprint density at radius 1 is 1.22 bits per heavy atom. The molecule has 13 heteroatoms. The Hall–Kier alpha value is -4.33. The van der Waals surface area contributed by atoms with Crippen LogP contribution < -0.4 is 11.1 Å². The van der Waals surface area contributed by atoms with Crippen LogP contribution in [0, 0.1) is 11.8 Å². The minimum absolute atomic E-state index is 0.0335. The van der Waals surface area contributed by atoms with E-state index in [1.807, 2.05) is 7.05 Å². The second-order valence-electron chi connectivity index (χ2n) is 11.0. The van der Waals surface area contributed by atoms with Crippen LogP contribution in [0.25, 0.3) is 0 Å². The fourth-order valence-electron chi connectivity index (χ4n) is 6.47. The number of aromatic nitrogens is 2. The molecule has 41 heavy (non-hydrogen) atoms. The fraction of sp³-hybridized carbons (Fsp3) is 0.393. The summed E-state index contributed by atoms with van der Waals surface area (Å²) in [6.45, 7) is 0.304. The minimum atomic E-state index is -2.72. The second-order valence-corrected chi connectivity index (χ2v) is 11.0. The molecule has 3 aliphatic carbocycles. The molecule has 1 amide bonds. The van der Waals surface area contributed by atoms with Crippen molar-refractivity contribution in [3.63, 3.8) is 0 Å². The number of fused-ring (bicyclic) bond motifs is 3. The van der Waals surface area contributed by atoms with Gasteiger partial charge in [-0.2, -0.15) is 0 Å². The molecule has 4 atom stereocenters. The van der Waals surface area contributed by atoms with Crippen molar-refractivity contribution in [2.75, 3.05) is 20.6 Å². The normalized spacial score (nSPS) is 25.7. The Morgan fingerprint density at radius 2 is 1.93 bits per heavy atom. The predicted molar refractivity (Wildman–Crippen MR) is 143 cm³/mol. The average molecular weight is 566 g/mol. The van der Waals surface area contributed by atoms with Gasteiger partial charge >= 0.3 is 0 Å². The zero-order valence-corrected chi connectivity index (χ0v) is 22.7. The maximum atomic E-state index is 13.8. The molecule has 0 fully saturated rings. The van der Waals surface area contributed by atoms with Crippen LogP contribution in [-0.4, -0.2) is 90.4 Å². The first-order chi connectivity index (χ1) is 19.3. The fourth-order valence-corrected chi connectivity index (χ4v) is 6.47. The third kappa shape index (κ3) is 4.15. The molecule has 216 valence electrons. The van der Waals surface area contributed by atoms with Crippen molar-refractivity contribution in [2.45, 2.75) is 31.0 Å². The Morgan fingerprint density at radius 3 is 2.54 bits per heavy atom. The maximum Gasteiger partial charge on any atom is 0.255 e. The Bertz CT molecular complexity index is 1570. The number of primary amides is 1. The molecular weight excluding hydrogens is 534 g/mol. The number of amides is 1. The second kappa shape index (κ2) is 9.94. The van der Waals surface area contributed by atoms with E-state index >= 15 is 0 Å². The van der Waals surface area contributed by atoms with E-state index in [4.69, 9.17) is 5.73 Å². The molecule has 0 bridgehead atoms. The van der Waals surface area contributed by atoms with Crippen LogP contribution in [0.1, 0.15) is 38.4 Å². The van der Waals surface area contributed by atoms with Crippen LogP contribution in [0.2, 0.25) is 0 Å². The number of imidazole rings is 1. The quantitative estimate of drug-likeness (QED) is 0.192. The molecule has 0 unspecified atom stereocenters. The molecule has 0 saturated carbocycles. The average Bonchev–Trinajstić information content (AvgIpc) is 3.30. The van der Waals surface area contributed by atoms with Gasteiger partial charge in [0, 0.05) is 36.8 Å². The number of Topliss-reactive ketones (excluding diaryl/α,β-unsaturated/α-hetero) is 3. The molecule has 0 saturated heterocycles. The van der Waals surface area contributed by atoms with Crippen LogP contribution in [0.3, 0.4) is 0 Å². The van der Waals surface area contributed by atoms with Gasteiger partial charge in [-0.1, -0.05) is 0 Å². The number of carbonyl (C=O) groups is 4.